The van der Waals surface area contributed by atoms with Crippen LogP contribution in [0.15, 0.2) is 0 Å². The van der Waals surface area contributed by atoms with E-state index in [4.69, 9.17) is 0 Å². The molecule has 21 heavy (non-hydrogen) atoms. The van der Waals surface area contributed by atoms with Gasteiger partial charge in [0.15, 0.2) is 0 Å². The Kier molecular flexibility index (Phi) is 24.6. The predicted molar refractivity (Wildman–Crippen MR) is 124 cm³/mol. The summed E-state index contributed by atoms with van der Waals surface area (Å²) in [5.74, 6) is 0. The molecule has 0 unspecified atom stereocenters. The van der Waals surface area contributed by atoms with E-state index in [0.29, 0.717) is 39.6 Å². The molecular weight excluding hydrogens is 347 g/mol. The van der Waals surface area contributed by atoms with Gasteiger partial charge in [-0.25, -0.2) is 0 Å². The molecule has 0 aliphatic rings. The first-order chi connectivity index (χ1) is 9.15. The van der Waals surface area contributed by atoms with E-state index in [0.717, 1.165) is 0 Å². The molecule has 0 radical (unpaired) electrons. The highest BCUT2D eigenvalue weighted by Gasteiger charge is 2.03. The smallest absolute Gasteiger partial charge is 0.0289 e. The fourth-order valence-electron chi connectivity index (χ4n) is 1.25. The second kappa shape index (κ2) is 18.5. The summed E-state index contributed by atoms with van der Waals surface area (Å²) in [5, 5.41) is 0. The van der Waals surface area contributed by atoms with Gasteiger partial charge >= 0.3 is 0 Å². The number of hydrogen-bond acceptors (Lipinski definition) is 0. The molecule has 0 spiro atoms. The van der Waals surface area contributed by atoms with E-state index < -0.39 is 0 Å². The minimum atomic E-state index is 0. The molecule has 0 fully saturated rings. The third-order valence-electron chi connectivity index (χ3n) is 2.85. The maximum Gasteiger partial charge on any atom is -0.0289 e. The summed E-state index contributed by atoms with van der Waals surface area (Å²) >= 11 is 0. The van der Waals surface area contributed by atoms with Crippen molar-refractivity contribution < 1.29 is 0 Å². The molecule has 132 valence electrons. The Balaban J connectivity index is -0.000000317. The van der Waals surface area contributed by atoms with Crippen LogP contribution in [0.4, 0.5) is 0 Å². The summed E-state index contributed by atoms with van der Waals surface area (Å²) in [6.45, 7) is 21.5. The largest absolute Gasteiger partial charge is 0.113 e. The molecule has 0 aliphatic heterocycles. The molecule has 0 N–H and O–H groups in total. The molecule has 0 atom stereocenters. The van der Waals surface area contributed by atoms with Crippen molar-refractivity contribution in [2.75, 3.05) is 97.0 Å². The molecule has 0 saturated carbocycles. The Labute approximate surface area is 144 Å². The molecule has 0 heterocycles. The lowest BCUT2D eigenvalue weighted by Gasteiger charge is -2.15. The average molecular weight is 390 g/mol. The van der Waals surface area contributed by atoms with Crippen molar-refractivity contribution in [2.45, 2.75) is 7.43 Å². The van der Waals surface area contributed by atoms with Crippen LogP contribution >= 0.6 is 39.6 Å². The van der Waals surface area contributed by atoms with Gasteiger partial charge in [0, 0.05) is 0 Å². The Bertz CT molecular complexity index is 173. The van der Waals surface area contributed by atoms with Gasteiger partial charge in [-0.05, 0) is 97.0 Å². The SMILES string of the molecule is C.CP(C)CCP(C)C.CP(C)CCP(C)CCP(C)C. The Morgan fingerprint density at radius 2 is 0.571 bits per heavy atom. The summed E-state index contributed by atoms with van der Waals surface area (Å²) in [6.07, 6.45) is 9.02. The lowest BCUT2D eigenvalue weighted by molar-refractivity contribution is 1.42. The monoisotopic (exact) mass is 390 g/mol. The highest BCUT2D eigenvalue weighted by atomic mass is 31.1. The second-order valence-corrected chi connectivity index (χ2v) is 19.5. The van der Waals surface area contributed by atoms with Crippen LogP contribution in [0, 0.1) is 0 Å². The van der Waals surface area contributed by atoms with Crippen LogP contribution in [0.1, 0.15) is 7.43 Å². The van der Waals surface area contributed by atoms with Crippen LogP contribution < -0.4 is 0 Å². The van der Waals surface area contributed by atoms with E-state index in [1.165, 1.54) is 37.0 Å². The fourth-order valence-corrected chi connectivity index (χ4v) is 10.6. The molecule has 0 bridgehead atoms. The number of hydrogen-bond donors (Lipinski definition) is 0. The molecule has 0 saturated heterocycles. The van der Waals surface area contributed by atoms with Crippen molar-refractivity contribution >= 4 is 39.6 Å². The zero-order valence-electron chi connectivity index (χ0n) is 15.5. The minimum Gasteiger partial charge on any atom is -0.113 e. The third-order valence-corrected chi connectivity index (χ3v) is 10.4. The molecular formula is C16H43P5. The standard InChI is InChI=1S/C9H23P3.C6H16P2.CH4/c1-10(2)6-8-12(5)9-7-11(3)4;1-7(2)5-6-8(3)4;/h6-9H2,1-5H3;5-6H2,1-4H3;1H4. The zero-order valence-corrected chi connectivity index (χ0v) is 20.0. The van der Waals surface area contributed by atoms with Crippen molar-refractivity contribution in [2.24, 2.45) is 0 Å². The van der Waals surface area contributed by atoms with Crippen LogP contribution in [0.25, 0.3) is 0 Å². The summed E-state index contributed by atoms with van der Waals surface area (Å²) in [7, 11) is 1.88. The zero-order chi connectivity index (χ0) is 16.1. The van der Waals surface area contributed by atoms with Crippen LogP contribution in [-0.2, 0) is 0 Å². The Morgan fingerprint density at radius 3 is 0.762 bits per heavy atom. The highest BCUT2D eigenvalue weighted by Crippen LogP contribution is 2.39. The van der Waals surface area contributed by atoms with Gasteiger partial charge in [0.25, 0.3) is 0 Å². The van der Waals surface area contributed by atoms with Crippen LogP contribution in [-0.4, -0.2) is 97.0 Å². The van der Waals surface area contributed by atoms with Gasteiger partial charge in [0.05, 0.1) is 0 Å². The average Bonchev–Trinajstić information content (AvgIpc) is 2.32. The summed E-state index contributed by atoms with van der Waals surface area (Å²) in [6, 6.07) is 0. The molecule has 0 rings (SSSR count). The van der Waals surface area contributed by atoms with E-state index >= 15 is 0 Å². The molecule has 0 aromatic rings. The van der Waals surface area contributed by atoms with Crippen LogP contribution in [0.3, 0.4) is 0 Å². The second-order valence-electron chi connectivity index (χ2n) is 6.52. The third kappa shape index (κ3) is 30.6. The molecule has 0 nitrogen and oxygen atoms in total. The van der Waals surface area contributed by atoms with Gasteiger partial charge < -0.3 is 0 Å². The molecule has 0 aromatic carbocycles. The van der Waals surface area contributed by atoms with Gasteiger partial charge in [0.2, 0.25) is 0 Å². The van der Waals surface area contributed by atoms with Crippen molar-refractivity contribution in [3.05, 3.63) is 0 Å². The Morgan fingerprint density at radius 1 is 0.381 bits per heavy atom. The fraction of sp³-hybridized carbons (Fsp3) is 1.00. The first-order valence-corrected chi connectivity index (χ1v) is 19.3. The summed E-state index contributed by atoms with van der Waals surface area (Å²) in [4.78, 5) is 0. The van der Waals surface area contributed by atoms with Gasteiger partial charge in [0.1, 0.15) is 0 Å². The number of rotatable bonds is 9. The quantitative estimate of drug-likeness (QED) is 0.385. The van der Waals surface area contributed by atoms with Crippen LogP contribution in [0.2, 0.25) is 0 Å². The molecule has 0 aliphatic carbocycles. The van der Waals surface area contributed by atoms with Gasteiger partial charge in [-0.15, -0.1) is 39.6 Å². The van der Waals surface area contributed by atoms with Gasteiger partial charge in [-0.1, -0.05) is 7.43 Å². The van der Waals surface area contributed by atoms with Crippen LogP contribution in [0.5, 0.6) is 0 Å². The van der Waals surface area contributed by atoms with E-state index in [2.05, 4.69) is 60.0 Å². The maximum absolute atomic E-state index is 2.48. The summed E-state index contributed by atoms with van der Waals surface area (Å²) < 4.78 is 0. The van der Waals surface area contributed by atoms with E-state index in [9.17, 15) is 0 Å². The van der Waals surface area contributed by atoms with Gasteiger partial charge in [-0.3, -0.25) is 0 Å². The van der Waals surface area contributed by atoms with Crippen molar-refractivity contribution in [3.8, 4) is 0 Å². The molecule has 5 heteroatoms. The van der Waals surface area contributed by atoms with Crippen molar-refractivity contribution in [1.29, 1.82) is 0 Å². The lowest BCUT2D eigenvalue weighted by atomic mass is 10.9. The maximum atomic E-state index is 2.48. The van der Waals surface area contributed by atoms with E-state index in [1.54, 1.807) is 0 Å². The van der Waals surface area contributed by atoms with E-state index in [-0.39, 0.29) is 7.43 Å². The lowest BCUT2D eigenvalue weighted by Crippen LogP contribution is -1.96. The summed E-state index contributed by atoms with van der Waals surface area (Å²) in [5.41, 5.74) is 0. The predicted octanol–water partition coefficient (Wildman–Crippen LogP) is 6.69. The van der Waals surface area contributed by atoms with E-state index in [1.807, 2.05) is 0 Å². The first kappa shape index (κ1) is 28.0. The van der Waals surface area contributed by atoms with Gasteiger partial charge in [-0.2, -0.15) is 0 Å². The Hall–Kier alpha value is 2.15. The normalized spacial score (nSPS) is 11.1. The minimum absolute atomic E-state index is 0. The first-order valence-electron chi connectivity index (χ1n) is 7.42. The molecule has 0 aromatic heterocycles. The topological polar surface area (TPSA) is 0 Å². The van der Waals surface area contributed by atoms with Crippen molar-refractivity contribution in [1.82, 2.24) is 0 Å². The van der Waals surface area contributed by atoms with Crippen molar-refractivity contribution in [3.63, 3.8) is 0 Å². The highest BCUT2D eigenvalue weighted by molar-refractivity contribution is 7.62. The molecule has 0 amide bonds.